The van der Waals surface area contributed by atoms with Gasteiger partial charge < -0.3 is 9.64 Å². The number of rotatable bonds is 5. The van der Waals surface area contributed by atoms with E-state index in [2.05, 4.69) is 4.99 Å². The molecular formula is C29H29N3O4S2. The van der Waals surface area contributed by atoms with E-state index in [1.165, 1.54) is 11.3 Å². The molecule has 1 amide bonds. The van der Waals surface area contributed by atoms with Crippen molar-refractivity contribution in [2.75, 3.05) is 11.2 Å². The lowest BCUT2D eigenvalue weighted by Gasteiger charge is -2.25. The Labute approximate surface area is 229 Å². The van der Waals surface area contributed by atoms with Gasteiger partial charge in [0.05, 0.1) is 34.7 Å². The molecule has 0 N–H and O–H groups in total. The van der Waals surface area contributed by atoms with E-state index in [0.717, 1.165) is 21.7 Å². The van der Waals surface area contributed by atoms with E-state index in [9.17, 15) is 14.4 Å². The van der Waals surface area contributed by atoms with Crippen molar-refractivity contribution in [1.82, 2.24) is 4.57 Å². The highest BCUT2D eigenvalue weighted by atomic mass is 32.2. The number of aromatic nitrogens is 1. The molecule has 196 valence electrons. The molecule has 9 heteroatoms. The van der Waals surface area contributed by atoms with E-state index in [1.807, 2.05) is 68.6 Å². The molecule has 0 radical (unpaired) electrons. The van der Waals surface area contributed by atoms with Crippen LogP contribution in [0.4, 0.5) is 5.69 Å². The molecule has 1 atom stereocenters. The summed E-state index contributed by atoms with van der Waals surface area (Å²) >= 11 is 2.80. The van der Waals surface area contributed by atoms with Crippen LogP contribution in [-0.4, -0.2) is 34.8 Å². The predicted molar refractivity (Wildman–Crippen MR) is 151 cm³/mol. The van der Waals surface area contributed by atoms with Crippen molar-refractivity contribution in [3.05, 3.63) is 90.6 Å². The number of para-hydroxylation sites is 1. The lowest BCUT2D eigenvalue weighted by Crippen LogP contribution is -2.41. The van der Waals surface area contributed by atoms with Crippen LogP contribution in [0.1, 0.15) is 51.8 Å². The van der Waals surface area contributed by atoms with Gasteiger partial charge >= 0.3 is 5.97 Å². The lowest BCUT2D eigenvalue weighted by molar-refractivity contribution is -0.143. The van der Waals surface area contributed by atoms with Gasteiger partial charge in [0, 0.05) is 16.5 Å². The number of esters is 1. The Kier molecular flexibility index (Phi) is 6.92. The fourth-order valence-corrected chi connectivity index (χ4v) is 6.53. The third-order valence-electron chi connectivity index (χ3n) is 6.60. The third-order valence-corrected chi connectivity index (χ3v) is 8.40. The molecular weight excluding hydrogens is 518 g/mol. The summed E-state index contributed by atoms with van der Waals surface area (Å²) in [7, 11) is 0. The minimum atomic E-state index is -0.726. The third kappa shape index (κ3) is 4.23. The van der Waals surface area contributed by atoms with E-state index >= 15 is 0 Å². The first-order chi connectivity index (χ1) is 18.1. The number of allylic oxidation sites excluding steroid dienone is 1. The van der Waals surface area contributed by atoms with E-state index in [1.54, 1.807) is 42.0 Å². The molecule has 3 heterocycles. The van der Waals surface area contributed by atoms with Crippen molar-refractivity contribution in [3.8, 4) is 0 Å². The lowest BCUT2D eigenvalue weighted by atomic mass is 9.96. The van der Waals surface area contributed by atoms with Gasteiger partial charge in [-0.25, -0.2) is 9.79 Å². The van der Waals surface area contributed by atoms with E-state index < -0.39 is 12.0 Å². The van der Waals surface area contributed by atoms with Crippen molar-refractivity contribution in [2.45, 2.75) is 57.7 Å². The first-order valence-electron chi connectivity index (χ1n) is 12.5. The number of thioether (sulfide) groups is 1. The Morgan fingerprint density at radius 3 is 2.37 bits per heavy atom. The molecule has 0 unspecified atom stereocenters. The van der Waals surface area contributed by atoms with Gasteiger partial charge in [0.25, 0.3) is 11.5 Å². The van der Waals surface area contributed by atoms with Gasteiger partial charge in [0.2, 0.25) is 0 Å². The van der Waals surface area contributed by atoms with Crippen LogP contribution in [-0.2, 0) is 14.3 Å². The fraction of sp³-hybridized carbons (Fsp3) is 0.310. The summed E-state index contributed by atoms with van der Waals surface area (Å²) in [4.78, 5) is 49.1. The highest BCUT2D eigenvalue weighted by Crippen LogP contribution is 2.37. The Bertz CT molecular complexity index is 1660. The Morgan fingerprint density at radius 2 is 1.74 bits per heavy atom. The topological polar surface area (TPSA) is 81.0 Å². The van der Waals surface area contributed by atoms with Crippen LogP contribution in [0, 0.1) is 0 Å². The van der Waals surface area contributed by atoms with Crippen molar-refractivity contribution in [2.24, 2.45) is 4.99 Å². The second-order valence-electron chi connectivity index (χ2n) is 9.79. The van der Waals surface area contributed by atoms with Crippen LogP contribution >= 0.6 is 23.1 Å². The molecule has 0 aliphatic carbocycles. The number of nitrogens with zero attached hydrogens (tertiary/aromatic N) is 3. The first kappa shape index (κ1) is 26.2. The second kappa shape index (κ2) is 10.0. The van der Waals surface area contributed by atoms with E-state index in [0.29, 0.717) is 26.2 Å². The molecule has 38 heavy (non-hydrogen) atoms. The zero-order chi connectivity index (χ0) is 27.3. The van der Waals surface area contributed by atoms with Crippen molar-refractivity contribution in [3.63, 3.8) is 0 Å². The molecule has 2 aliphatic rings. The number of hydrogen-bond donors (Lipinski definition) is 0. The number of ether oxygens (including phenoxy) is 1. The van der Waals surface area contributed by atoms with Gasteiger partial charge in [-0.05, 0) is 64.6 Å². The molecule has 1 aromatic heterocycles. The molecule has 3 aromatic rings. The molecule has 2 aromatic carbocycles. The van der Waals surface area contributed by atoms with Crippen molar-refractivity contribution >= 4 is 46.2 Å². The smallest absolute Gasteiger partial charge is 0.338 e. The molecule has 0 bridgehead atoms. The normalized spacial score (nSPS) is 18.2. The van der Waals surface area contributed by atoms with Gasteiger partial charge in [0.15, 0.2) is 4.80 Å². The number of carbonyl (C=O) groups is 2. The second-order valence-corrected chi connectivity index (χ2v) is 11.6. The SMILES string of the molecule is CSc1ccc([C@H]2C(C(=O)OC(C)C)=C(C)N=c3s/c(=C4\C(=O)N(C(C)C)c5ccccc54)c(=O)n32)cc1. The van der Waals surface area contributed by atoms with Gasteiger partial charge in [0.1, 0.15) is 4.53 Å². The number of fused-ring (bicyclic) bond motifs is 2. The Balaban J connectivity index is 1.80. The largest absolute Gasteiger partial charge is 0.459 e. The summed E-state index contributed by atoms with van der Waals surface area (Å²) in [6.07, 6.45) is 1.66. The van der Waals surface area contributed by atoms with Gasteiger partial charge in [-0.1, -0.05) is 41.7 Å². The number of hydrogen-bond acceptors (Lipinski definition) is 7. The average molecular weight is 548 g/mol. The van der Waals surface area contributed by atoms with Crippen LogP contribution in [0.5, 0.6) is 0 Å². The minimum absolute atomic E-state index is 0.0767. The molecule has 2 aliphatic heterocycles. The molecule has 0 saturated carbocycles. The van der Waals surface area contributed by atoms with Gasteiger partial charge in [-0.15, -0.1) is 11.8 Å². The standard InChI is InChI=1S/C29H29N3O4S2/c1-15(2)31-21-10-8-7-9-20(21)23(26(31)33)25-27(34)32-24(18-11-13-19(37-6)14-12-18)22(28(35)36-16(3)4)17(5)30-29(32)38-25/h7-16,24H,1-6H3/b25-23-/t24-/m0/s1. The van der Waals surface area contributed by atoms with Gasteiger partial charge in [-0.2, -0.15) is 0 Å². The minimum Gasteiger partial charge on any atom is -0.459 e. The average Bonchev–Trinajstić information content (AvgIpc) is 3.35. The van der Waals surface area contributed by atoms with Gasteiger partial charge in [-0.3, -0.25) is 14.2 Å². The summed E-state index contributed by atoms with van der Waals surface area (Å²) < 4.78 is 7.44. The summed E-state index contributed by atoms with van der Waals surface area (Å²) in [5.74, 6) is -0.714. The molecule has 0 saturated heterocycles. The summed E-state index contributed by atoms with van der Waals surface area (Å²) in [6, 6.07) is 14.5. The van der Waals surface area contributed by atoms with Crippen LogP contribution in [0.2, 0.25) is 0 Å². The Morgan fingerprint density at radius 1 is 1.05 bits per heavy atom. The quantitative estimate of drug-likeness (QED) is 0.356. The summed E-state index contributed by atoms with van der Waals surface area (Å²) in [5, 5.41) is 0. The van der Waals surface area contributed by atoms with E-state index in [-0.39, 0.29) is 23.6 Å². The molecule has 0 spiro atoms. The molecule has 0 fully saturated rings. The number of amides is 1. The predicted octanol–water partition coefficient (Wildman–Crippen LogP) is 4.03. The fourth-order valence-electron chi connectivity index (χ4n) is 4.98. The zero-order valence-corrected chi connectivity index (χ0v) is 23.8. The maximum atomic E-state index is 14.2. The first-order valence-corrected chi connectivity index (χ1v) is 14.5. The number of thiazole rings is 1. The highest BCUT2D eigenvalue weighted by Gasteiger charge is 2.38. The van der Waals surface area contributed by atoms with Crippen LogP contribution in [0.15, 0.2) is 74.5 Å². The van der Waals surface area contributed by atoms with Crippen LogP contribution < -0.4 is 19.8 Å². The highest BCUT2D eigenvalue weighted by molar-refractivity contribution is 7.98. The van der Waals surface area contributed by atoms with Crippen LogP contribution in [0.3, 0.4) is 0 Å². The summed E-state index contributed by atoms with van der Waals surface area (Å²) in [5.41, 5.74) is 3.13. The monoisotopic (exact) mass is 547 g/mol. The number of anilines is 1. The molecule has 7 nitrogen and oxygen atoms in total. The number of carbonyl (C=O) groups excluding carboxylic acids is 2. The maximum Gasteiger partial charge on any atom is 0.338 e. The van der Waals surface area contributed by atoms with Crippen LogP contribution in [0.25, 0.3) is 5.57 Å². The zero-order valence-electron chi connectivity index (χ0n) is 22.1. The van der Waals surface area contributed by atoms with Crippen molar-refractivity contribution in [1.29, 1.82) is 0 Å². The number of benzene rings is 2. The van der Waals surface area contributed by atoms with Crippen molar-refractivity contribution < 1.29 is 14.3 Å². The maximum absolute atomic E-state index is 14.2. The molecule has 5 rings (SSSR count). The van der Waals surface area contributed by atoms with E-state index in [4.69, 9.17) is 4.74 Å². The summed E-state index contributed by atoms with van der Waals surface area (Å²) in [6.45, 7) is 9.24. The Hall–Kier alpha value is -3.43.